The van der Waals surface area contributed by atoms with E-state index in [1.165, 1.54) is 0 Å². The number of benzene rings is 3. The van der Waals surface area contributed by atoms with Crippen LogP contribution < -0.4 is 38.5 Å². The van der Waals surface area contributed by atoms with Gasteiger partial charge < -0.3 is 79.1 Å². The lowest BCUT2D eigenvalue weighted by Gasteiger charge is -2.25. The number of anilines is 3. The fourth-order valence-corrected chi connectivity index (χ4v) is 6.32. The number of amides is 4. The van der Waals surface area contributed by atoms with Crippen molar-refractivity contribution in [2.45, 2.75) is 69.0 Å². The largest absolute Gasteiger partial charge is 0.504 e. The van der Waals surface area contributed by atoms with Gasteiger partial charge in [-0.1, -0.05) is 35.9 Å². The maximum absolute atomic E-state index is 13.1. The van der Waals surface area contributed by atoms with Crippen molar-refractivity contribution in [3.05, 3.63) is 63.9 Å². The fraction of sp³-hybridized carbons (Fsp3) is 0.395. The number of phenols is 4. The molecule has 4 amide bonds. The first-order valence-corrected chi connectivity index (χ1v) is 19.1. The molecular weight excluding hydrogens is 810 g/mol. The van der Waals surface area contributed by atoms with E-state index in [4.69, 9.17) is 33.9 Å². The van der Waals surface area contributed by atoms with E-state index < -0.39 is 77.9 Å². The Hall–Kier alpha value is -5.78. The van der Waals surface area contributed by atoms with Crippen LogP contribution >= 0.6 is 11.6 Å². The smallest absolute Gasteiger partial charge is 0.321 e. The van der Waals surface area contributed by atoms with E-state index >= 15 is 0 Å². The molecule has 4 aromatic rings. The fourth-order valence-electron chi connectivity index (χ4n) is 6.20. The quantitative estimate of drug-likeness (QED) is 0.0294. The number of unbranched alkanes of at least 4 members (excludes halogenated alkanes) is 1. The predicted octanol–water partition coefficient (Wildman–Crippen LogP) is -0.801. The highest BCUT2D eigenvalue weighted by molar-refractivity contribution is 6.31. The predicted molar refractivity (Wildman–Crippen MR) is 219 cm³/mol. The Labute approximate surface area is 347 Å². The van der Waals surface area contributed by atoms with Gasteiger partial charge in [-0.2, -0.15) is 0 Å². The van der Waals surface area contributed by atoms with Crippen molar-refractivity contribution in [2.75, 3.05) is 43.0 Å². The number of nitrogens with two attached hydrogens (primary N) is 3. The molecule has 60 heavy (non-hydrogen) atoms. The van der Waals surface area contributed by atoms with Crippen LogP contribution in [-0.2, 0) is 24.1 Å². The Bertz CT molecular complexity index is 2150. The van der Waals surface area contributed by atoms with Crippen LogP contribution in [0.2, 0.25) is 5.15 Å². The maximum Gasteiger partial charge on any atom is 0.321 e. The molecule has 19 N–H and O–H groups in total. The number of nitrogen functional groups attached to an aromatic ring is 2. The number of aryl methyl sites for hydroxylation is 2. The first-order valence-electron chi connectivity index (χ1n) is 18.7. The van der Waals surface area contributed by atoms with Crippen molar-refractivity contribution >= 4 is 57.5 Å². The number of fused-ring (bicyclic) bond motifs is 1. The monoisotopic (exact) mass is 859 g/mol. The van der Waals surface area contributed by atoms with Gasteiger partial charge in [0.15, 0.2) is 34.0 Å². The van der Waals surface area contributed by atoms with Gasteiger partial charge >= 0.3 is 6.03 Å². The number of aromatic hydroxyl groups is 4. The van der Waals surface area contributed by atoms with Gasteiger partial charge in [0.1, 0.15) is 18.3 Å². The Morgan fingerprint density at radius 3 is 2.00 bits per heavy atom. The molecule has 3 aromatic carbocycles. The highest BCUT2D eigenvalue weighted by atomic mass is 35.5. The second-order valence-corrected chi connectivity index (χ2v) is 14.3. The van der Waals surface area contributed by atoms with Gasteiger partial charge in [0.25, 0.3) is 5.91 Å². The zero-order valence-electron chi connectivity index (χ0n) is 32.2. The molecule has 0 bridgehead atoms. The van der Waals surface area contributed by atoms with Crippen molar-refractivity contribution in [3.8, 4) is 23.0 Å². The molecule has 1 aromatic heterocycles. The van der Waals surface area contributed by atoms with Crippen LogP contribution in [0.3, 0.4) is 0 Å². The summed E-state index contributed by atoms with van der Waals surface area (Å²) in [6.07, 6.45) is -4.13. The number of rotatable bonds is 20. The summed E-state index contributed by atoms with van der Waals surface area (Å²) in [5.74, 6) is -5.35. The van der Waals surface area contributed by atoms with E-state index in [1.54, 1.807) is 36.4 Å². The van der Waals surface area contributed by atoms with Crippen molar-refractivity contribution in [1.29, 1.82) is 0 Å². The topological polar surface area (TPSA) is 385 Å². The average Bonchev–Trinajstić information content (AvgIpc) is 3.22. The third kappa shape index (κ3) is 11.9. The summed E-state index contributed by atoms with van der Waals surface area (Å²) >= 11 is 5.79. The summed E-state index contributed by atoms with van der Waals surface area (Å²) in [4.78, 5) is 45.2. The molecule has 0 saturated carbocycles. The minimum atomic E-state index is -1.70. The van der Waals surface area contributed by atoms with Crippen LogP contribution in [0.4, 0.5) is 22.1 Å². The lowest BCUT2D eigenvalue weighted by Crippen LogP contribution is -2.49. The third-order valence-corrected chi connectivity index (χ3v) is 9.80. The average molecular weight is 860 g/mol. The van der Waals surface area contributed by atoms with Crippen LogP contribution in [0.15, 0.2) is 36.4 Å². The Balaban J connectivity index is 1.30. The number of aliphatic hydroxyl groups excluding tert-OH is 5. The molecule has 0 aliphatic rings. The highest BCUT2D eigenvalue weighted by Gasteiger charge is 2.30. The van der Waals surface area contributed by atoms with E-state index in [2.05, 4.69) is 31.2 Å². The number of carbonyl (C=O) groups is 3. The molecule has 21 nitrogen and oxygen atoms in total. The van der Waals surface area contributed by atoms with E-state index in [9.17, 15) is 55.2 Å². The van der Waals surface area contributed by atoms with Gasteiger partial charge in [0.05, 0.1) is 18.8 Å². The Morgan fingerprint density at radius 1 is 0.733 bits per heavy atom. The van der Waals surface area contributed by atoms with Crippen molar-refractivity contribution in [2.24, 2.45) is 5.73 Å². The first-order chi connectivity index (χ1) is 28.4. The molecule has 0 aliphatic carbocycles. The number of phenolic OH excluding ortho intramolecular Hbond substituents is 4. The summed E-state index contributed by atoms with van der Waals surface area (Å²) in [6, 6.07) is 8.15. The number of hydrogen-bond donors (Lipinski definition) is 16. The Kier molecular flexibility index (Phi) is 16.8. The van der Waals surface area contributed by atoms with Gasteiger partial charge in [0.2, 0.25) is 17.4 Å². The first kappa shape index (κ1) is 46.9. The van der Waals surface area contributed by atoms with Gasteiger partial charge in [-0.3, -0.25) is 14.9 Å². The summed E-state index contributed by atoms with van der Waals surface area (Å²) < 4.78 is 0. The molecule has 326 valence electrons. The van der Waals surface area contributed by atoms with Crippen LogP contribution in [0.1, 0.15) is 46.4 Å². The second-order valence-electron chi connectivity index (χ2n) is 13.9. The van der Waals surface area contributed by atoms with Gasteiger partial charge in [0, 0.05) is 29.5 Å². The van der Waals surface area contributed by atoms with Crippen LogP contribution in [0, 0.1) is 0 Å². The molecule has 1 heterocycles. The van der Waals surface area contributed by atoms with Gasteiger partial charge in [-0.05, 0) is 73.9 Å². The number of imide groups is 1. The summed E-state index contributed by atoms with van der Waals surface area (Å²) in [6.45, 7) is -0.260. The molecular formula is C38H50ClN9O12. The Morgan fingerprint density at radius 2 is 1.35 bits per heavy atom. The zero-order valence-corrected chi connectivity index (χ0v) is 32.9. The normalized spacial score (nSPS) is 13.9. The molecule has 0 unspecified atom stereocenters. The summed E-state index contributed by atoms with van der Waals surface area (Å²) in [5, 5.41) is 101. The summed E-state index contributed by atoms with van der Waals surface area (Å²) in [5.41, 5.74) is 19.2. The number of nitrogens with zero attached hydrogens (tertiary/aromatic N) is 2. The molecule has 4 rings (SSSR count). The number of aliphatic hydroxyl groups is 5. The van der Waals surface area contributed by atoms with E-state index in [-0.39, 0.29) is 59.2 Å². The van der Waals surface area contributed by atoms with Crippen LogP contribution in [0.25, 0.3) is 10.8 Å². The number of nitrogens with one attached hydrogen (secondary N) is 4. The van der Waals surface area contributed by atoms with Gasteiger partial charge in [-0.15, -0.1) is 0 Å². The summed E-state index contributed by atoms with van der Waals surface area (Å²) in [7, 11) is 0. The molecule has 0 spiro atoms. The van der Waals surface area contributed by atoms with Crippen molar-refractivity contribution in [3.63, 3.8) is 0 Å². The molecule has 5 atom stereocenters. The molecule has 0 aliphatic heterocycles. The second kappa shape index (κ2) is 21.5. The lowest BCUT2D eigenvalue weighted by molar-refractivity contribution is -0.117. The van der Waals surface area contributed by atoms with E-state index in [0.717, 1.165) is 5.56 Å². The maximum atomic E-state index is 13.1. The van der Waals surface area contributed by atoms with Crippen molar-refractivity contribution in [1.82, 2.24) is 25.9 Å². The van der Waals surface area contributed by atoms with E-state index in [1.807, 2.05) is 0 Å². The van der Waals surface area contributed by atoms with Crippen LogP contribution in [0.5, 0.6) is 23.0 Å². The number of halogens is 1. The number of carbonyl (C=O) groups excluding carboxylic acids is 3. The number of aromatic nitrogens is 2. The van der Waals surface area contributed by atoms with Crippen molar-refractivity contribution < 1.29 is 60.3 Å². The highest BCUT2D eigenvalue weighted by Crippen LogP contribution is 2.51. The zero-order chi connectivity index (χ0) is 44.3. The van der Waals surface area contributed by atoms with Crippen LogP contribution in [-0.4, -0.2) is 130 Å². The SMILES string of the molecule is Nc1nc(N)c(C(=O)NC(=O)NCCCCc2ccc(C[C@H](N)C(=O)Nc3ccc(CCCNC[C@H](O)[C@@H](O)[C@H](O)[C@H](O)CO)cc3)c3c(O)c(O)c(O)c(O)c23)nc1Cl. The number of urea groups is 1. The lowest BCUT2D eigenvalue weighted by atomic mass is 9.91. The third-order valence-electron chi connectivity index (χ3n) is 9.53. The molecule has 0 radical (unpaired) electrons. The van der Waals surface area contributed by atoms with E-state index in [0.29, 0.717) is 49.0 Å². The molecule has 22 heteroatoms. The molecule has 0 fully saturated rings. The minimum absolute atomic E-state index is 0.0210. The van der Waals surface area contributed by atoms with Gasteiger partial charge in [-0.25, -0.2) is 14.8 Å². The number of hydrogen-bond acceptors (Lipinski definition) is 18. The standard InChI is InChI=1S/C38H50ClN9O12/c39-33-35(42)47-34(41)26(46-33)37(59)48-38(60)44-13-2-1-5-18-8-9-19(25-24(18)29(54)31(56)32(57)30(25)55)14-21(40)36(58)45-20-10-6-17(7-11-20)4-3-12-43-15-22(50)27(52)28(53)23(51)16-49/h6-11,21-23,27-28,43,49-57H,1-5,12-16,40H2,(H,45,58)(H4,41,42,47)(H2,44,48,59,60)/t21-,22-,23+,27+,28+/m0/s1. The minimum Gasteiger partial charge on any atom is -0.504 e. The molecule has 0 saturated heterocycles.